The number of hydrogen-bond donors (Lipinski definition) is 1. The van der Waals surface area contributed by atoms with Crippen LogP contribution < -0.4 is 5.32 Å². The monoisotopic (exact) mass is 290 g/mol. The Bertz CT molecular complexity index is 647. The molecular weight excluding hydrogens is 275 g/mol. The van der Waals surface area contributed by atoms with Crippen molar-refractivity contribution in [2.45, 2.75) is 26.1 Å². The van der Waals surface area contributed by atoms with Gasteiger partial charge in [-0.1, -0.05) is 0 Å². The van der Waals surface area contributed by atoms with Gasteiger partial charge < -0.3 is 14.6 Å². The van der Waals surface area contributed by atoms with Crippen molar-refractivity contribution in [3.05, 3.63) is 47.6 Å². The van der Waals surface area contributed by atoms with Crippen LogP contribution in [0.25, 0.3) is 0 Å². The molecule has 1 N–H and O–H groups in total. The predicted molar refractivity (Wildman–Crippen MR) is 72.0 cm³/mol. The largest absolute Gasteiger partial charge is 0.372 e. The molecule has 7 heteroatoms. The SMILES string of the molecule is C[C@H](NC(=O)c1cn2c(n1)COCC2)c1ncccc1F. The Morgan fingerprint density at radius 1 is 1.57 bits per heavy atom. The summed E-state index contributed by atoms with van der Waals surface area (Å²) in [6, 6.07) is 2.29. The molecule has 1 amide bonds. The molecule has 3 rings (SSSR count). The van der Waals surface area contributed by atoms with E-state index in [1.165, 1.54) is 18.3 Å². The lowest BCUT2D eigenvalue weighted by Gasteiger charge is -2.13. The Hall–Kier alpha value is -2.28. The molecule has 0 saturated carbocycles. The van der Waals surface area contributed by atoms with Crippen LogP contribution >= 0.6 is 0 Å². The molecule has 0 spiro atoms. The van der Waals surface area contributed by atoms with E-state index in [9.17, 15) is 9.18 Å². The first-order valence-electron chi connectivity index (χ1n) is 6.70. The second-order valence-corrected chi connectivity index (χ2v) is 4.85. The van der Waals surface area contributed by atoms with Crippen LogP contribution in [0.5, 0.6) is 0 Å². The minimum atomic E-state index is -0.534. The predicted octanol–water partition coefficient (Wildman–Crippen LogP) is 1.44. The molecule has 1 aliphatic heterocycles. The van der Waals surface area contributed by atoms with Crippen LogP contribution in [0.3, 0.4) is 0 Å². The van der Waals surface area contributed by atoms with E-state index >= 15 is 0 Å². The van der Waals surface area contributed by atoms with E-state index in [2.05, 4.69) is 15.3 Å². The summed E-state index contributed by atoms with van der Waals surface area (Å²) >= 11 is 0. The number of carbonyl (C=O) groups excluding carboxylic acids is 1. The number of fused-ring (bicyclic) bond motifs is 1. The zero-order valence-electron chi connectivity index (χ0n) is 11.5. The lowest BCUT2D eigenvalue weighted by Crippen LogP contribution is -2.28. The average molecular weight is 290 g/mol. The van der Waals surface area contributed by atoms with Gasteiger partial charge in [-0.25, -0.2) is 9.37 Å². The number of imidazole rings is 1. The Morgan fingerprint density at radius 2 is 2.43 bits per heavy atom. The van der Waals surface area contributed by atoms with E-state index in [4.69, 9.17) is 4.74 Å². The van der Waals surface area contributed by atoms with Crippen molar-refractivity contribution in [2.75, 3.05) is 6.61 Å². The van der Waals surface area contributed by atoms with E-state index in [0.717, 1.165) is 5.82 Å². The molecule has 0 aliphatic carbocycles. The van der Waals surface area contributed by atoms with Crippen LogP contribution in [0.15, 0.2) is 24.5 Å². The number of nitrogens with zero attached hydrogens (tertiary/aromatic N) is 3. The van der Waals surface area contributed by atoms with E-state index in [-0.39, 0.29) is 11.6 Å². The average Bonchev–Trinajstić information content (AvgIpc) is 2.91. The molecule has 0 saturated heterocycles. The Labute approximate surface area is 121 Å². The molecule has 0 bridgehead atoms. The van der Waals surface area contributed by atoms with Gasteiger partial charge in [0.2, 0.25) is 0 Å². The van der Waals surface area contributed by atoms with Crippen molar-refractivity contribution in [1.29, 1.82) is 0 Å². The van der Waals surface area contributed by atoms with Crippen LogP contribution in [-0.4, -0.2) is 27.0 Å². The number of rotatable bonds is 3. The maximum Gasteiger partial charge on any atom is 0.272 e. The molecule has 0 radical (unpaired) electrons. The van der Waals surface area contributed by atoms with Gasteiger partial charge in [0.05, 0.1) is 18.3 Å². The molecular formula is C14H15FN4O2. The standard InChI is InChI=1S/C14H15FN4O2/c1-9(13-10(15)3-2-4-16-13)17-14(20)11-7-19-5-6-21-8-12(19)18-11/h2-4,7,9H,5-6,8H2,1H3,(H,17,20)/t9-/m0/s1. The number of carbonyl (C=O) groups is 1. The minimum absolute atomic E-state index is 0.207. The number of amides is 1. The number of hydrogen-bond acceptors (Lipinski definition) is 4. The summed E-state index contributed by atoms with van der Waals surface area (Å²) in [5.41, 5.74) is 0.511. The second-order valence-electron chi connectivity index (χ2n) is 4.85. The Kier molecular flexibility index (Phi) is 3.66. The van der Waals surface area contributed by atoms with E-state index in [1.54, 1.807) is 13.1 Å². The highest BCUT2D eigenvalue weighted by atomic mass is 19.1. The van der Waals surface area contributed by atoms with Gasteiger partial charge >= 0.3 is 0 Å². The van der Waals surface area contributed by atoms with Gasteiger partial charge in [-0.3, -0.25) is 9.78 Å². The van der Waals surface area contributed by atoms with E-state index in [0.29, 0.717) is 25.5 Å². The smallest absolute Gasteiger partial charge is 0.272 e. The summed E-state index contributed by atoms with van der Waals surface area (Å²) in [7, 11) is 0. The summed E-state index contributed by atoms with van der Waals surface area (Å²) < 4.78 is 20.8. The molecule has 2 aromatic rings. The van der Waals surface area contributed by atoms with E-state index < -0.39 is 11.9 Å². The van der Waals surface area contributed by atoms with Crippen molar-refractivity contribution in [3.8, 4) is 0 Å². The highest BCUT2D eigenvalue weighted by Gasteiger charge is 2.20. The first kappa shape index (κ1) is 13.7. The third-order valence-electron chi connectivity index (χ3n) is 3.34. The molecule has 110 valence electrons. The zero-order chi connectivity index (χ0) is 14.8. The molecule has 3 heterocycles. The molecule has 0 fully saturated rings. The third kappa shape index (κ3) is 2.78. The van der Waals surface area contributed by atoms with Crippen molar-refractivity contribution < 1.29 is 13.9 Å². The lowest BCUT2D eigenvalue weighted by molar-refractivity contribution is 0.0815. The third-order valence-corrected chi connectivity index (χ3v) is 3.34. The maximum absolute atomic E-state index is 13.6. The fraction of sp³-hybridized carbons (Fsp3) is 0.357. The van der Waals surface area contributed by atoms with Crippen LogP contribution in [0.2, 0.25) is 0 Å². The van der Waals surface area contributed by atoms with Crippen LogP contribution in [0, 0.1) is 5.82 Å². The maximum atomic E-state index is 13.6. The lowest BCUT2D eigenvalue weighted by atomic mass is 10.2. The highest BCUT2D eigenvalue weighted by Crippen LogP contribution is 2.15. The van der Waals surface area contributed by atoms with E-state index in [1.807, 2.05) is 4.57 Å². The summed E-state index contributed by atoms with van der Waals surface area (Å²) in [4.78, 5) is 20.4. The summed E-state index contributed by atoms with van der Waals surface area (Å²) in [5, 5.41) is 2.70. The fourth-order valence-electron chi connectivity index (χ4n) is 2.25. The van der Waals surface area contributed by atoms with Gasteiger partial charge in [0.25, 0.3) is 5.91 Å². The van der Waals surface area contributed by atoms with Gasteiger partial charge in [0, 0.05) is 18.9 Å². The quantitative estimate of drug-likeness (QED) is 0.928. The number of ether oxygens (including phenoxy) is 1. The summed E-state index contributed by atoms with van der Waals surface area (Å²) in [6.45, 7) is 3.38. The van der Waals surface area contributed by atoms with Crippen LogP contribution in [0.1, 0.15) is 35.0 Å². The molecule has 2 aromatic heterocycles. The number of pyridine rings is 1. The fourth-order valence-corrected chi connectivity index (χ4v) is 2.25. The first-order valence-corrected chi connectivity index (χ1v) is 6.70. The van der Waals surface area contributed by atoms with Crippen LogP contribution in [-0.2, 0) is 17.9 Å². The molecule has 21 heavy (non-hydrogen) atoms. The topological polar surface area (TPSA) is 69.0 Å². The number of aromatic nitrogens is 3. The molecule has 1 aliphatic rings. The molecule has 0 aromatic carbocycles. The van der Waals surface area contributed by atoms with Crippen molar-refractivity contribution in [2.24, 2.45) is 0 Å². The van der Waals surface area contributed by atoms with Gasteiger partial charge in [-0.15, -0.1) is 0 Å². The molecule has 6 nitrogen and oxygen atoms in total. The molecule has 1 atom stereocenters. The van der Waals surface area contributed by atoms with Gasteiger partial charge in [0.15, 0.2) is 0 Å². The normalized spacial score (nSPS) is 15.3. The Morgan fingerprint density at radius 3 is 3.19 bits per heavy atom. The van der Waals surface area contributed by atoms with Gasteiger partial charge in [-0.2, -0.15) is 0 Å². The molecule has 0 unspecified atom stereocenters. The van der Waals surface area contributed by atoms with Gasteiger partial charge in [0.1, 0.15) is 23.9 Å². The van der Waals surface area contributed by atoms with Crippen molar-refractivity contribution in [1.82, 2.24) is 19.9 Å². The Balaban J connectivity index is 1.74. The summed E-state index contributed by atoms with van der Waals surface area (Å²) in [5.74, 6) is -0.0691. The highest BCUT2D eigenvalue weighted by molar-refractivity contribution is 5.92. The van der Waals surface area contributed by atoms with Crippen molar-refractivity contribution >= 4 is 5.91 Å². The first-order chi connectivity index (χ1) is 10.1. The summed E-state index contributed by atoms with van der Waals surface area (Å²) in [6.07, 6.45) is 3.18. The zero-order valence-corrected chi connectivity index (χ0v) is 11.5. The number of halogens is 1. The van der Waals surface area contributed by atoms with Crippen molar-refractivity contribution in [3.63, 3.8) is 0 Å². The minimum Gasteiger partial charge on any atom is -0.372 e. The van der Waals surface area contributed by atoms with Crippen LogP contribution in [0.4, 0.5) is 4.39 Å². The number of nitrogens with one attached hydrogen (secondary N) is 1. The second kappa shape index (κ2) is 5.61. The van der Waals surface area contributed by atoms with Gasteiger partial charge in [-0.05, 0) is 19.1 Å².